The first-order valence-corrected chi connectivity index (χ1v) is 12.3. The number of aryl methyl sites for hydroxylation is 3. The van der Waals surface area contributed by atoms with Crippen LogP contribution in [-0.4, -0.2) is 36.1 Å². The van der Waals surface area contributed by atoms with Gasteiger partial charge in [0.25, 0.3) is 5.56 Å². The summed E-state index contributed by atoms with van der Waals surface area (Å²) in [5, 5.41) is 13.7. The van der Waals surface area contributed by atoms with Crippen molar-refractivity contribution in [1.82, 2.24) is 30.1 Å². The lowest BCUT2D eigenvalue weighted by Gasteiger charge is -2.33. The van der Waals surface area contributed by atoms with Crippen LogP contribution in [0.5, 0.6) is 0 Å². The lowest BCUT2D eigenvalue weighted by atomic mass is 9.93. The van der Waals surface area contributed by atoms with Gasteiger partial charge in [0.1, 0.15) is 0 Å². The molecule has 0 bridgehead atoms. The minimum atomic E-state index is -0.00808. The number of tetrazole rings is 1. The highest BCUT2D eigenvalue weighted by molar-refractivity contribution is 5.81. The molecule has 2 heterocycles. The van der Waals surface area contributed by atoms with Crippen LogP contribution < -0.4 is 5.56 Å². The summed E-state index contributed by atoms with van der Waals surface area (Å²) < 4.78 is 1.91. The van der Waals surface area contributed by atoms with Crippen molar-refractivity contribution in [2.75, 3.05) is 0 Å². The van der Waals surface area contributed by atoms with Crippen molar-refractivity contribution >= 4 is 10.9 Å². The lowest BCUT2D eigenvalue weighted by molar-refractivity contribution is 0.133. The molecule has 0 aliphatic heterocycles. The molecule has 0 amide bonds. The van der Waals surface area contributed by atoms with Crippen molar-refractivity contribution in [3.63, 3.8) is 0 Å². The van der Waals surface area contributed by atoms with Crippen molar-refractivity contribution in [2.24, 2.45) is 0 Å². The van der Waals surface area contributed by atoms with Crippen LogP contribution in [-0.2, 0) is 26.1 Å². The van der Waals surface area contributed by atoms with E-state index in [1.807, 2.05) is 29.8 Å². The number of aromatic amines is 1. The van der Waals surface area contributed by atoms with Crippen molar-refractivity contribution in [2.45, 2.75) is 71.1 Å². The Bertz CT molecular complexity index is 1290. The number of benzene rings is 2. The summed E-state index contributed by atoms with van der Waals surface area (Å²) in [7, 11) is 0. The molecule has 0 saturated heterocycles. The van der Waals surface area contributed by atoms with Crippen molar-refractivity contribution in [1.29, 1.82) is 0 Å². The first-order valence-electron chi connectivity index (χ1n) is 12.3. The van der Waals surface area contributed by atoms with E-state index in [9.17, 15) is 4.79 Å². The molecule has 0 atom stereocenters. The minimum Gasteiger partial charge on any atom is -0.321 e. The van der Waals surface area contributed by atoms with E-state index in [4.69, 9.17) is 0 Å². The van der Waals surface area contributed by atoms with Gasteiger partial charge in [-0.25, -0.2) is 4.68 Å². The largest absolute Gasteiger partial charge is 0.321 e. The molecule has 0 spiro atoms. The zero-order chi connectivity index (χ0) is 23.3. The SMILES string of the molecule is Cc1cccc2cc(CN(Cc3nnnn3CCc3ccccc3)C3CCCCC3)c(=O)[nH]c12. The zero-order valence-corrected chi connectivity index (χ0v) is 19.8. The fourth-order valence-electron chi connectivity index (χ4n) is 5.10. The van der Waals surface area contributed by atoms with Crippen LogP contribution in [0.2, 0.25) is 0 Å². The maximum absolute atomic E-state index is 13.0. The van der Waals surface area contributed by atoms with Crippen LogP contribution in [0.3, 0.4) is 0 Å². The topological polar surface area (TPSA) is 79.7 Å². The number of aromatic nitrogens is 5. The molecule has 1 aliphatic rings. The third-order valence-electron chi connectivity index (χ3n) is 7.04. The van der Waals surface area contributed by atoms with Crippen LogP contribution in [0.25, 0.3) is 10.9 Å². The van der Waals surface area contributed by atoms with Crippen LogP contribution in [0, 0.1) is 6.92 Å². The van der Waals surface area contributed by atoms with Gasteiger partial charge in [-0.05, 0) is 59.2 Å². The Morgan fingerprint density at radius 1 is 1.03 bits per heavy atom. The normalized spacial score (nSPS) is 14.8. The predicted molar refractivity (Wildman–Crippen MR) is 133 cm³/mol. The Morgan fingerprint density at radius 2 is 1.85 bits per heavy atom. The van der Waals surface area contributed by atoms with Gasteiger partial charge in [-0.2, -0.15) is 0 Å². The molecule has 1 fully saturated rings. The number of hydrogen-bond acceptors (Lipinski definition) is 5. The Balaban J connectivity index is 1.39. The molecule has 0 unspecified atom stereocenters. The number of pyridine rings is 1. The Hall–Kier alpha value is -3.32. The molecule has 1 saturated carbocycles. The minimum absolute atomic E-state index is 0.00808. The zero-order valence-electron chi connectivity index (χ0n) is 19.8. The number of rotatable bonds is 8. The molecule has 7 nitrogen and oxygen atoms in total. The molecule has 5 rings (SSSR count). The summed E-state index contributed by atoms with van der Waals surface area (Å²) in [4.78, 5) is 18.5. The van der Waals surface area contributed by atoms with Gasteiger partial charge in [-0.3, -0.25) is 9.69 Å². The standard InChI is InChI=1S/C27H32N6O/c1-20-9-8-12-22-17-23(27(34)28-26(20)22)18-32(24-13-6-3-7-14-24)19-25-29-30-31-33(25)16-15-21-10-4-2-5-11-21/h2,4-5,8-12,17,24H,3,6-7,13-16,18-19H2,1H3,(H,28,34). The fraction of sp³-hybridized carbons (Fsp3) is 0.407. The predicted octanol–water partition coefficient (Wildman–Crippen LogP) is 4.40. The van der Waals surface area contributed by atoms with Crippen LogP contribution in [0.15, 0.2) is 59.4 Å². The van der Waals surface area contributed by atoms with E-state index in [0.717, 1.165) is 53.7 Å². The van der Waals surface area contributed by atoms with Gasteiger partial charge >= 0.3 is 0 Å². The summed E-state index contributed by atoms with van der Waals surface area (Å²) in [5.74, 6) is 0.856. The van der Waals surface area contributed by atoms with Gasteiger partial charge in [0, 0.05) is 24.7 Å². The Morgan fingerprint density at radius 3 is 2.68 bits per heavy atom. The number of nitrogens with zero attached hydrogens (tertiary/aromatic N) is 5. The van der Waals surface area contributed by atoms with Gasteiger partial charge in [-0.1, -0.05) is 67.8 Å². The molecule has 4 aromatic rings. The monoisotopic (exact) mass is 456 g/mol. The number of para-hydroxylation sites is 1. The number of hydrogen-bond donors (Lipinski definition) is 1. The average Bonchev–Trinajstić information content (AvgIpc) is 3.31. The quantitative estimate of drug-likeness (QED) is 0.425. The molecule has 7 heteroatoms. The van der Waals surface area contributed by atoms with Crippen molar-refractivity contribution in [3.05, 3.63) is 87.5 Å². The summed E-state index contributed by atoms with van der Waals surface area (Å²) in [6.07, 6.45) is 6.92. The van der Waals surface area contributed by atoms with Crippen LogP contribution in [0.4, 0.5) is 0 Å². The first kappa shape index (κ1) is 22.5. The van der Waals surface area contributed by atoms with Gasteiger partial charge in [0.2, 0.25) is 0 Å². The van der Waals surface area contributed by atoms with Gasteiger partial charge in [-0.15, -0.1) is 5.10 Å². The summed E-state index contributed by atoms with van der Waals surface area (Å²) in [6, 6.07) is 19.0. The fourth-order valence-corrected chi connectivity index (χ4v) is 5.10. The molecule has 1 N–H and O–H groups in total. The number of nitrogens with one attached hydrogen (secondary N) is 1. The third kappa shape index (κ3) is 5.09. The van der Waals surface area contributed by atoms with E-state index in [2.05, 4.69) is 61.8 Å². The van der Waals surface area contributed by atoms with Crippen LogP contribution in [0.1, 0.15) is 54.6 Å². The molecule has 0 radical (unpaired) electrons. The maximum atomic E-state index is 13.0. The van der Waals surface area contributed by atoms with Crippen molar-refractivity contribution in [3.8, 4) is 0 Å². The molecular weight excluding hydrogens is 424 g/mol. The van der Waals surface area contributed by atoms with Crippen molar-refractivity contribution < 1.29 is 0 Å². The third-order valence-corrected chi connectivity index (χ3v) is 7.04. The van der Waals surface area contributed by atoms with Crippen LogP contribution >= 0.6 is 0 Å². The second-order valence-corrected chi connectivity index (χ2v) is 9.41. The summed E-state index contributed by atoms with van der Waals surface area (Å²) >= 11 is 0. The second-order valence-electron chi connectivity index (χ2n) is 9.41. The second kappa shape index (κ2) is 10.3. The first-order chi connectivity index (χ1) is 16.7. The highest BCUT2D eigenvalue weighted by atomic mass is 16.1. The molecule has 1 aliphatic carbocycles. The lowest BCUT2D eigenvalue weighted by Crippen LogP contribution is -2.38. The molecule has 34 heavy (non-hydrogen) atoms. The molecular formula is C27H32N6O. The van der Waals surface area contributed by atoms with Gasteiger partial charge < -0.3 is 4.98 Å². The smallest absolute Gasteiger partial charge is 0.252 e. The van der Waals surface area contributed by atoms with Gasteiger partial charge in [0.05, 0.1) is 12.1 Å². The highest BCUT2D eigenvalue weighted by Gasteiger charge is 2.24. The molecule has 2 aromatic heterocycles. The van der Waals surface area contributed by atoms with E-state index in [-0.39, 0.29) is 5.56 Å². The molecule has 176 valence electrons. The number of H-pyrrole nitrogens is 1. The van der Waals surface area contributed by atoms with E-state index < -0.39 is 0 Å². The van der Waals surface area contributed by atoms with Gasteiger partial charge in [0.15, 0.2) is 5.82 Å². The molecule has 2 aromatic carbocycles. The number of fused-ring (bicyclic) bond motifs is 1. The average molecular weight is 457 g/mol. The Kier molecular flexibility index (Phi) is 6.81. The maximum Gasteiger partial charge on any atom is 0.252 e. The van der Waals surface area contributed by atoms with E-state index in [0.29, 0.717) is 19.1 Å². The van der Waals surface area contributed by atoms with E-state index >= 15 is 0 Å². The van der Waals surface area contributed by atoms with E-state index in [1.165, 1.54) is 24.8 Å². The van der Waals surface area contributed by atoms with E-state index in [1.54, 1.807) is 0 Å². The highest BCUT2D eigenvalue weighted by Crippen LogP contribution is 2.25. The summed E-state index contributed by atoms with van der Waals surface area (Å²) in [6.45, 7) is 4.00. The summed E-state index contributed by atoms with van der Waals surface area (Å²) in [5.41, 5.74) is 4.07. The Labute approximate surface area is 199 Å².